The lowest BCUT2D eigenvalue weighted by Gasteiger charge is -2.26. The molecular formula is C15H14ClNO4S. The van der Waals surface area contributed by atoms with Crippen LogP contribution in [0.1, 0.15) is 11.1 Å². The Morgan fingerprint density at radius 2 is 1.77 bits per heavy atom. The van der Waals surface area contributed by atoms with E-state index in [-0.39, 0.29) is 21.0 Å². The molecule has 1 unspecified atom stereocenters. The average molecular weight is 340 g/mol. The Labute approximate surface area is 133 Å². The maximum Gasteiger partial charge on any atom is 0.258 e. The third kappa shape index (κ3) is 2.85. The molecular weight excluding hydrogens is 326 g/mol. The number of rotatable bonds is 4. The molecule has 1 atom stereocenters. The average Bonchev–Trinajstić information content (AvgIpc) is 2.46. The second kappa shape index (κ2) is 5.72. The van der Waals surface area contributed by atoms with Gasteiger partial charge in [0.1, 0.15) is 0 Å². The molecule has 7 heteroatoms. The van der Waals surface area contributed by atoms with Crippen molar-refractivity contribution in [2.24, 2.45) is 5.73 Å². The number of aliphatic hydroxyl groups is 1. The maximum absolute atomic E-state index is 11.9. The van der Waals surface area contributed by atoms with E-state index in [1.807, 2.05) is 0 Å². The molecule has 2 aromatic carbocycles. The zero-order valence-electron chi connectivity index (χ0n) is 11.7. The molecule has 0 saturated heterocycles. The predicted molar refractivity (Wildman–Crippen MR) is 83.2 cm³/mol. The van der Waals surface area contributed by atoms with E-state index in [0.717, 1.165) is 6.26 Å². The van der Waals surface area contributed by atoms with Gasteiger partial charge in [0.25, 0.3) is 5.91 Å². The normalized spacial score (nSPS) is 14.3. The van der Waals surface area contributed by atoms with Crippen LogP contribution in [-0.2, 0) is 20.2 Å². The van der Waals surface area contributed by atoms with E-state index >= 15 is 0 Å². The smallest absolute Gasteiger partial charge is 0.258 e. The Hall–Kier alpha value is -1.89. The number of benzene rings is 2. The lowest BCUT2D eigenvalue weighted by Crippen LogP contribution is -2.42. The van der Waals surface area contributed by atoms with Crippen molar-refractivity contribution in [3.8, 4) is 0 Å². The number of hydrogen-bond donors (Lipinski definition) is 2. The fourth-order valence-corrected chi connectivity index (χ4v) is 3.16. The van der Waals surface area contributed by atoms with E-state index in [0.29, 0.717) is 0 Å². The molecule has 0 heterocycles. The zero-order chi connectivity index (χ0) is 16.5. The summed E-state index contributed by atoms with van der Waals surface area (Å²) in [5.74, 6) is -1.01. The van der Waals surface area contributed by atoms with Gasteiger partial charge in [0, 0.05) is 16.8 Å². The van der Waals surface area contributed by atoms with Crippen molar-refractivity contribution in [1.82, 2.24) is 0 Å². The molecule has 0 saturated carbocycles. The van der Waals surface area contributed by atoms with Crippen LogP contribution in [-0.4, -0.2) is 25.7 Å². The van der Waals surface area contributed by atoms with Crippen LogP contribution >= 0.6 is 11.6 Å². The van der Waals surface area contributed by atoms with Crippen molar-refractivity contribution in [3.63, 3.8) is 0 Å². The summed E-state index contributed by atoms with van der Waals surface area (Å²) in [6.07, 6.45) is 1.04. The molecule has 0 spiro atoms. The van der Waals surface area contributed by atoms with Gasteiger partial charge in [-0.05, 0) is 17.7 Å². The number of carbonyl (C=O) groups is 1. The Balaban J connectivity index is 2.68. The van der Waals surface area contributed by atoms with Crippen LogP contribution < -0.4 is 5.73 Å². The van der Waals surface area contributed by atoms with Crippen LogP contribution in [0.15, 0.2) is 53.4 Å². The van der Waals surface area contributed by atoms with Crippen LogP contribution in [0.4, 0.5) is 0 Å². The van der Waals surface area contributed by atoms with Crippen molar-refractivity contribution in [1.29, 1.82) is 0 Å². The molecule has 0 radical (unpaired) electrons. The molecule has 22 heavy (non-hydrogen) atoms. The number of hydrogen-bond acceptors (Lipinski definition) is 4. The Morgan fingerprint density at radius 1 is 1.18 bits per heavy atom. The number of primary amides is 1. The van der Waals surface area contributed by atoms with Crippen molar-refractivity contribution < 1.29 is 18.3 Å². The first-order chi connectivity index (χ1) is 10.2. The fourth-order valence-electron chi connectivity index (χ4n) is 2.13. The van der Waals surface area contributed by atoms with E-state index in [1.165, 1.54) is 30.3 Å². The molecule has 1 amide bonds. The van der Waals surface area contributed by atoms with E-state index in [2.05, 4.69) is 0 Å². The summed E-state index contributed by atoms with van der Waals surface area (Å²) < 4.78 is 23.1. The van der Waals surface area contributed by atoms with Gasteiger partial charge >= 0.3 is 0 Å². The number of amides is 1. The lowest BCUT2D eigenvalue weighted by molar-refractivity contribution is -0.133. The van der Waals surface area contributed by atoms with Crippen LogP contribution in [0, 0.1) is 0 Å². The summed E-state index contributed by atoms with van der Waals surface area (Å²) in [7, 11) is -3.45. The van der Waals surface area contributed by atoms with Crippen molar-refractivity contribution in [2.75, 3.05) is 6.26 Å². The van der Waals surface area contributed by atoms with Gasteiger partial charge in [0.2, 0.25) is 0 Å². The van der Waals surface area contributed by atoms with Crippen LogP contribution in [0.3, 0.4) is 0 Å². The first kappa shape index (κ1) is 16.5. The summed E-state index contributed by atoms with van der Waals surface area (Å²) in [6, 6.07) is 11.8. The van der Waals surface area contributed by atoms with Gasteiger partial charge in [0.05, 0.1) is 4.90 Å². The van der Waals surface area contributed by atoms with Crippen molar-refractivity contribution >= 4 is 27.3 Å². The highest BCUT2D eigenvalue weighted by Gasteiger charge is 2.40. The fraction of sp³-hybridized carbons (Fsp3) is 0.133. The van der Waals surface area contributed by atoms with Crippen LogP contribution in [0.2, 0.25) is 5.02 Å². The van der Waals surface area contributed by atoms with Gasteiger partial charge in [-0.2, -0.15) is 0 Å². The van der Waals surface area contributed by atoms with Crippen molar-refractivity contribution in [2.45, 2.75) is 10.5 Å². The maximum atomic E-state index is 11.9. The molecule has 5 nitrogen and oxygen atoms in total. The molecule has 116 valence electrons. The van der Waals surface area contributed by atoms with E-state index in [9.17, 15) is 18.3 Å². The SMILES string of the molecule is CS(=O)(=O)c1ccc(C(O)(C(N)=O)c2ccccc2)c(Cl)c1. The van der Waals surface area contributed by atoms with Gasteiger partial charge in [-0.1, -0.05) is 48.0 Å². The Kier molecular flexibility index (Phi) is 4.28. The second-order valence-corrected chi connectivity index (χ2v) is 7.28. The largest absolute Gasteiger partial charge is 0.372 e. The Bertz CT molecular complexity index is 821. The molecule has 2 aromatic rings. The molecule has 0 aliphatic carbocycles. The van der Waals surface area contributed by atoms with E-state index in [1.54, 1.807) is 18.2 Å². The van der Waals surface area contributed by atoms with Crippen molar-refractivity contribution in [3.05, 3.63) is 64.7 Å². The standard InChI is InChI=1S/C15H14ClNO4S/c1-22(20,21)11-7-8-12(13(16)9-11)15(19,14(17)18)10-5-3-2-4-6-10/h2-9,19H,1H3,(H2,17,18). The highest BCUT2D eigenvalue weighted by molar-refractivity contribution is 7.90. The molecule has 0 aliphatic rings. The van der Waals surface area contributed by atoms with Gasteiger partial charge < -0.3 is 10.8 Å². The molecule has 2 rings (SSSR count). The minimum absolute atomic E-state index is 0.0128. The highest BCUT2D eigenvalue weighted by atomic mass is 35.5. The number of nitrogens with two attached hydrogens (primary N) is 1. The quantitative estimate of drug-likeness (QED) is 0.881. The summed E-state index contributed by atoms with van der Waals surface area (Å²) in [4.78, 5) is 11.8. The summed E-state index contributed by atoms with van der Waals surface area (Å²) in [5, 5.41) is 10.7. The number of halogens is 1. The third-order valence-electron chi connectivity index (χ3n) is 3.31. The monoisotopic (exact) mass is 339 g/mol. The lowest BCUT2D eigenvalue weighted by atomic mass is 9.85. The molecule has 0 aliphatic heterocycles. The molecule has 3 N–H and O–H groups in total. The minimum atomic E-state index is -3.45. The third-order valence-corrected chi connectivity index (χ3v) is 4.73. The van der Waals surface area contributed by atoms with Crippen LogP contribution in [0.5, 0.6) is 0 Å². The van der Waals surface area contributed by atoms with E-state index in [4.69, 9.17) is 17.3 Å². The van der Waals surface area contributed by atoms with Gasteiger partial charge in [-0.15, -0.1) is 0 Å². The van der Waals surface area contributed by atoms with Gasteiger partial charge in [-0.3, -0.25) is 4.79 Å². The second-order valence-electron chi connectivity index (χ2n) is 4.85. The summed E-state index contributed by atoms with van der Waals surface area (Å²) in [5.41, 5.74) is 3.49. The predicted octanol–water partition coefficient (Wildman–Crippen LogP) is 1.46. The van der Waals surface area contributed by atoms with E-state index < -0.39 is 21.3 Å². The Morgan fingerprint density at radius 3 is 2.23 bits per heavy atom. The van der Waals surface area contributed by atoms with Crippen LogP contribution in [0.25, 0.3) is 0 Å². The summed E-state index contributed by atoms with van der Waals surface area (Å²) in [6.45, 7) is 0. The molecule has 0 aromatic heterocycles. The first-order valence-corrected chi connectivity index (χ1v) is 8.52. The number of sulfone groups is 1. The zero-order valence-corrected chi connectivity index (χ0v) is 13.2. The van der Waals surface area contributed by atoms with Gasteiger partial charge in [-0.25, -0.2) is 8.42 Å². The number of carbonyl (C=O) groups excluding carboxylic acids is 1. The highest BCUT2D eigenvalue weighted by Crippen LogP contribution is 2.35. The minimum Gasteiger partial charge on any atom is -0.372 e. The topological polar surface area (TPSA) is 97.5 Å². The molecule has 0 fully saturated rings. The molecule has 0 bridgehead atoms. The van der Waals surface area contributed by atoms with Gasteiger partial charge in [0.15, 0.2) is 15.4 Å². The summed E-state index contributed by atoms with van der Waals surface area (Å²) >= 11 is 6.08. The first-order valence-electron chi connectivity index (χ1n) is 6.25.